The van der Waals surface area contributed by atoms with Gasteiger partial charge in [0, 0.05) is 65.4 Å². The molecule has 2 heterocycles. The number of carbonyl (C=O) groups is 1. The molecule has 0 atom stereocenters. The molecule has 1 amide bonds. The predicted octanol–water partition coefficient (Wildman–Crippen LogP) is 0.639. The third kappa shape index (κ3) is 14.9. The van der Waals surface area contributed by atoms with Crippen LogP contribution in [-0.4, -0.2) is 56.1 Å². The first-order valence-corrected chi connectivity index (χ1v) is 12.0. The smallest absolute Gasteiger partial charge is 0.238 e. The van der Waals surface area contributed by atoms with Crippen molar-refractivity contribution in [2.24, 2.45) is 5.14 Å². The third-order valence-corrected chi connectivity index (χ3v) is 5.55. The average Bonchev–Trinajstić information content (AvgIpc) is 2.95. The van der Waals surface area contributed by atoms with Crippen LogP contribution in [0.2, 0.25) is 0 Å². The Morgan fingerprint density at radius 3 is 1.68 bits per heavy atom. The Morgan fingerprint density at radius 2 is 1.29 bits per heavy atom. The Balaban J connectivity index is 0. The van der Waals surface area contributed by atoms with Crippen molar-refractivity contribution in [3.63, 3.8) is 0 Å². The fourth-order valence-corrected chi connectivity index (χ4v) is 3.52. The third-order valence-electron chi connectivity index (χ3n) is 4.62. The fourth-order valence-electron chi connectivity index (χ4n) is 3.00. The summed E-state index contributed by atoms with van der Waals surface area (Å²) in [7, 11) is -3.72. The summed E-state index contributed by atoms with van der Waals surface area (Å²) in [6.45, 7) is 15.6. The van der Waals surface area contributed by atoms with Gasteiger partial charge in [-0.3, -0.25) is 19.7 Å². The van der Waals surface area contributed by atoms with Crippen molar-refractivity contribution in [2.45, 2.75) is 31.0 Å². The number of nitrogens with zero attached hydrogens (tertiary/aromatic N) is 3. The molecule has 3 N–H and O–H groups in total. The SMILES string of the molecule is NS(=O)(=O)c1ccc(CNC(=O)CCN(Cc2ccccn2)Cc2ccccn2)cc1.[C-]=O.[C-]=O.[C-]=O.[Re]. The van der Waals surface area contributed by atoms with Crippen LogP contribution < -0.4 is 10.5 Å². The standard InChI is InChI=1S/C22H25N5O3S.3CO.Re/c23-31(29,30)21-9-7-18(8-10-21)15-26-22(28)11-14-27(16-19-5-1-3-12-24-19)17-20-6-2-4-13-25-20;3*1-2;/h1-10,12-13H,11,14-17H2,(H,26,28)(H2,23,29,30);;;;/q;3*-1;. The van der Waals surface area contributed by atoms with Crippen LogP contribution in [0.3, 0.4) is 0 Å². The maximum absolute atomic E-state index is 12.4. The number of carbonyl (C=O) groups excluding carboxylic acids is 4. The van der Waals surface area contributed by atoms with Gasteiger partial charge in [0.1, 0.15) is 0 Å². The van der Waals surface area contributed by atoms with Crippen LogP contribution >= 0.6 is 0 Å². The molecule has 0 unspecified atom stereocenters. The summed E-state index contributed by atoms with van der Waals surface area (Å²) in [6, 6.07) is 17.7. The van der Waals surface area contributed by atoms with Gasteiger partial charge in [-0.25, -0.2) is 13.6 Å². The van der Waals surface area contributed by atoms with Crippen molar-refractivity contribution >= 4 is 36.3 Å². The molecule has 13 heteroatoms. The van der Waals surface area contributed by atoms with Crippen LogP contribution in [-0.2, 0) is 69.3 Å². The summed E-state index contributed by atoms with van der Waals surface area (Å²) < 4.78 is 22.6. The molecule has 0 aliphatic carbocycles. The van der Waals surface area contributed by atoms with Gasteiger partial charge in [-0.05, 0) is 42.0 Å². The van der Waals surface area contributed by atoms with Crippen LogP contribution in [0, 0.1) is 0 Å². The molecule has 0 fully saturated rings. The minimum absolute atomic E-state index is 0. The number of sulfonamides is 1. The van der Waals surface area contributed by atoms with Crippen molar-refractivity contribution in [3.8, 4) is 0 Å². The number of aromatic nitrogens is 2. The number of benzene rings is 1. The number of hydrogen-bond acceptors (Lipinski definition) is 9. The topological polar surface area (TPSA) is 169 Å². The minimum Gasteiger partial charge on any atom is -0.573 e. The van der Waals surface area contributed by atoms with Gasteiger partial charge in [0.25, 0.3) is 0 Å². The molecule has 0 bridgehead atoms. The van der Waals surface area contributed by atoms with E-state index in [1.165, 1.54) is 12.1 Å². The van der Waals surface area contributed by atoms with Crippen molar-refractivity contribution in [1.29, 1.82) is 0 Å². The predicted molar refractivity (Wildman–Crippen MR) is 134 cm³/mol. The molecule has 0 spiro atoms. The normalized spacial score (nSPS) is 9.63. The van der Waals surface area contributed by atoms with Crippen molar-refractivity contribution < 1.29 is 48.0 Å². The van der Waals surface area contributed by atoms with E-state index >= 15 is 0 Å². The van der Waals surface area contributed by atoms with E-state index < -0.39 is 10.0 Å². The molecule has 2 aromatic heterocycles. The van der Waals surface area contributed by atoms with E-state index in [0.29, 0.717) is 32.6 Å². The van der Waals surface area contributed by atoms with Crippen LogP contribution in [0.25, 0.3) is 0 Å². The molecular weight excluding hydrogens is 685 g/mol. The second-order valence-corrected chi connectivity index (χ2v) is 8.63. The molecule has 202 valence electrons. The Labute approximate surface area is 236 Å². The number of pyridine rings is 2. The van der Waals surface area contributed by atoms with E-state index in [-0.39, 0.29) is 31.2 Å². The largest absolute Gasteiger partial charge is 0.573 e. The van der Waals surface area contributed by atoms with Gasteiger partial charge in [0.05, 0.1) is 16.3 Å². The molecule has 1 aromatic carbocycles. The molecular formula is C25H25N5O6ReS-3. The van der Waals surface area contributed by atoms with Crippen LogP contribution in [0.4, 0.5) is 0 Å². The van der Waals surface area contributed by atoms with Gasteiger partial charge in [-0.15, -0.1) is 0 Å². The second-order valence-electron chi connectivity index (χ2n) is 7.07. The van der Waals surface area contributed by atoms with Crippen molar-refractivity contribution in [1.82, 2.24) is 20.2 Å². The van der Waals surface area contributed by atoms with Crippen LogP contribution in [0.1, 0.15) is 23.4 Å². The molecule has 0 aliphatic heterocycles. The number of nitrogens with one attached hydrogen (secondary N) is 1. The molecule has 3 rings (SSSR count). The first kappa shape index (κ1) is 36.7. The van der Waals surface area contributed by atoms with E-state index in [1.807, 2.05) is 36.4 Å². The van der Waals surface area contributed by atoms with Crippen LogP contribution in [0.5, 0.6) is 0 Å². The maximum Gasteiger partial charge on any atom is 0.238 e. The molecule has 0 saturated heterocycles. The summed E-state index contributed by atoms with van der Waals surface area (Å²) in [5.74, 6) is -0.0948. The zero-order chi connectivity index (χ0) is 28.1. The van der Waals surface area contributed by atoms with E-state index in [1.54, 1.807) is 24.5 Å². The number of amides is 1. The van der Waals surface area contributed by atoms with E-state index in [9.17, 15) is 13.2 Å². The minimum atomic E-state index is -3.72. The maximum atomic E-state index is 12.4. The van der Waals surface area contributed by atoms with E-state index in [0.717, 1.165) is 17.0 Å². The van der Waals surface area contributed by atoms with E-state index in [2.05, 4.69) is 40.6 Å². The monoisotopic (exact) mass is 710 g/mol. The Morgan fingerprint density at radius 1 is 0.816 bits per heavy atom. The van der Waals surface area contributed by atoms with Gasteiger partial charge < -0.3 is 40.1 Å². The van der Waals surface area contributed by atoms with Crippen molar-refractivity contribution in [3.05, 3.63) is 90.0 Å². The second kappa shape index (κ2) is 21.6. The van der Waals surface area contributed by atoms with Crippen molar-refractivity contribution in [2.75, 3.05) is 6.54 Å². The van der Waals surface area contributed by atoms with Gasteiger partial charge in [0.15, 0.2) is 0 Å². The molecule has 4 radical (unpaired) electrons. The average molecular weight is 710 g/mol. The molecule has 0 aliphatic rings. The van der Waals surface area contributed by atoms with Gasteiger partial charge in [-0.2, -0.15) is 0 Å². The molecule has 3 aromatic rings. The van der Waals surface area contributed by atoms with E-state index in [4.69, 9.17) is 19.5 Å². The zero-order valence-corrected chi connectivity index (χ0v) is 23.7. The first-order valence-electron chi connectivity index (χ1n) is 10.4. The number of rotatable bonds is 10. The zero-order valence-electron chi connectivity index (χ0n) is 20.1. The molecule has 38 heavy (non-hydrogen) atoms. The van der Waals surface area contributed by atoms with Gasteiger partial charge in [0.2, 0.25) is 15.9 Å². The molecule has 0 saturated carbocycles. The number of hydrogen-bond donors (Lipinski definition) is 2. The number of primary sulfonamides is 1. The summed E-state index contributed by atoms with van der Waals surface area (Å²) in [4.78, 5) is 45.8. The van der Waals surface area contributed by atoms with Crippen LogP contribution in [0.15, 0.2) is 78.0 Å². The van der Waals surface area contributed by atoms with Gasteiger partial charge in [-0.1, -0.05) is 24.3 Å². The summed E-state index contributed by atoms with van der Waals surface area (Å²) in [5, 5.41) is 7.96. The fraction of sp³-hybridized carbons (Fsp3) is 0.200. The summed E-state index contributed by atoms with van der Waals surface area (Å²) >= 11 is 0. The Hall–Kier alpha value is -3.47. The molecule has 11 nitrogen and oxygen atoms in total. The first-order chi connectivity index (χ1) is 17.9. The summed E-state index contributed by atoms with van der Waals surface area (Å²) in [6.07, 6.45) is 3.82. The quantitative estimate of drug-likeness (QED) is 0.287. The van der Waals surface area contributed by atoms with Gasteiger partial charge >= 0.3 is 0 Å². The Bertz CT molecular complexity index is 1090. The summed E-state index contributed by atoms with van der Waals surface area (Å²) in [5.41, 5.74) is 2.64. The number of nitrogens with two attached hydrogens (primary N) is 1. The Kier molecular flexibility index (Phi) is 20.9.